The van der Waals surface area contributed by atoms with Crippen molar-refractivity contribution >= 4 is 17.5 Å². The molecule has 0 radical (unpaired) electrons. The van der Waals surface area contributed by atoms with Gasteiger partial charge in [-0.05, 0) is 23.1 Å². The Hall–Kier alpha value is -3.28. The van der Waals surface area contributed by atoms with Gasteiger partial charge in [0.2, 0.25) is 5.95 Å². The van der Waals surface area contributed by atoms with Crippen LogP contribution in [0.3, 0.4) is 0 Å². The van der Waals surface area contributed by atoms with Crippen molar-refractivity contribution in [3.8, 4) is 0 Å². The molecule has 0 aliphatic carbocycles. The highest BCUT2D eigenvalue weighted by Crippen LogP contribution is 2.30. The molecule has 1 amide bonds. The highest BCUT2D eigenvalue weighted by Gasteiger charge is 2.18. The van der Waals surface area contributed by atoms with Crippen molar-refractivity contribution in [2.75, 3.05) is 5.32 Å². The second-order valence-corrected chi connectivity index (χ2v) is 7.49. The van der Waals surface area contributed by atoms with Gasteiger partial charge in [-0.25, -0.2) is 14.4 Å². The number of hydrogen-bond acceptors (Lipinski definition) is 4. The molecule has 28 heavy (non-hydrogen) atoms. The zero-order chi connectivity index (χ0) is 20.1. The topological polar surface area (TPSA) is 66.9 Å². The Kier molecular flexibility index (Phi) is 5.68. The zero-order valence-corrected chi connectivity index (χ0v) is 16.2. The van der Waals surface area contributed by atoms with Gasteiger partial charge in [0.1, 0.15) is 5.82 Å². The molecule has 1 heterocycles. The molecule has 3 rings (SSSR count). The van der Waals surface area contributed by atoms with E-state index in [-0.39, 0.29) is 23.7 Å². The van der Waals surface area contributed by atoms with Gasteiger partial charge < -0.3 is 10.6 Å². The molecule has 3 aromatic rings. The number of benzene rings is 2. The Morgan fingerprint density at radius 1 is 1.00 bits per heavy atom. The van der Waals surface area contributed by atoms with Crippen LogP contribution in [0.15, 0.2) is 60.9 Å². The van der Waals surface area contributed by atoms with Gasteiger partial charge in [-0.1, -0.05) is 57.2 Å². The smallest absolute Gasteiger partial charge is 0.254 e. The Morgan fingerprint density at radius 2 is 1.64 bits per heavy atom. The molecule has 0 saturated heterocycles. The third-order valence-corrected chi connectivity index (χ3v) is 4.29. The molecule has 6 heteroatoms. The van der Waals surface area contributed by atoms with Crippen LogP contribution >= 0.6 is 0 Å². The monoisotopic (exact) mass is 378 g/mol. The van der Waals surface area contributed by atoms with E-state index >= 15 is 0 Å². The third-order valence-electron chi connectivity index (χ3n) is 4.29. The van der Waals surface area contributed by atoms with E-state index in [9.17, 15) is 9.18 Å². The van der Waals surface area contributed by atoms with Crippen molar-refractivity contribution in [1.82, 2.24) is 15.3 Å². The molecule has 0 unspecified atom stereocenters. The van der Waals surface area contributed by atoms with E-state index in [0.29, 0.717) is 17.1 Å². The normalized spacial score (nSPS) is 11.1. The van der Waals surface area contributed by atoms with Crippen molar-refractivity contribution < 1.29 is 9.18 Å². The zero-order valence-electron chi connectivity index (χ0n) is 16.2. The highest BCUT2D eigenvalue weighted by molar-refractivity contribution is 5.93. The minimum atomic E-state index is -0.357. The first-order valence-electron chi connectivity index (χ1n) is 9.05. The maximum atomic E-state index is 13.6. The van der Waals surface area contributed by atoms with Crippen LogP contribution in [0, 0.1) is 5.82 Å². The number of halogens is 1. The first-order valence-corrected chi connectivity index (χ1v) is 9.05. The molecule has 0 aliphatic heterocycles. The van der Waals surface area contributed by atoms with Gasteiger partial charge in [-0.3, -0.25) is 4.79 Å². The number of nitrogens with zero attached hydrogens (tertiary/aromatic N) is 2. The molecule has 0 aliphatic rings. The van der Waals surface area contributed by atoms with Crippen LogP contribution in [0.4, 0.5) is 16.0 Å². The molecule has 0 bridgehead atoms. The second kappa shape index (κ2) is 8.17. The van der Waals surface area contributed by atoms with E-state index < -0.39 is 0 Å². The summed E-state index contributed by atoms with van der Waals surface area (Å²) in [4.78, 5) is 20.7. The number of rotatable bonds is 5. The lowest BCUT2D eigenvalue weighted by atomic mass is 9.86. The number of nitrogens with one attached hydrogen (secondary N) is 2. The first kappa shape index (κ1) is 19.5. The number of anilines is 2. The molecule has 2 N–H and O–H groups in total. The Balaban J connectivity index is 1.67. The maximum Gasteiger partial charge on any atom is 0.254 e. The second-order valence-electron chi connectivity index (χ2n) is 7.49. The first-order chi connectivity index (χ1) is 13.3. The average molecular weight is 378 g/mol. The fraction of sp³-hybridized carbons (Fsp3) is 0.227. The van der Waals surface area contributed by atoms with E-state index in [1.54, 1.807) is 18.2 Å². The van der Waals surface area contributed by atoms with Crippen LogP contribution in [0.5, 0.6) is 0 Å². The molecular weight excluding hydrogens is 355 g/mol. The Morgan fingerprint density at radius 3 is 2.32 bits per heavy atom. The van der Waals surface area contributed by atoms with Crippen molar-refractivity contribution in [3.05, 3.63) is 83.4 Å². The molecule has 2 aromatic carbocycles. The van der Waals surface area contributed by atoms with Crippen LogP contribution in [0.2, 0.25) is 0 Å². The summed E-state index contributed by atoms with van der Waals surface area (Å²) in [6.07, 6.45) is 2.90. The Labute approximate surface area is 164 Å². The summed E-state index contributed by atoms with van der Waals surface area (Å²) >= 11 is 0. The fourth-order valence-electron chi connectivity index (χ4n) is 2.80. The van der Waals surface area contributed by atoms with Crippen molar-refractivity contribution in [2.45, 2.75) is 32.7 Å². The van der Waals surface area contributed by atoms with Crippen LogP contribution in [-0.2, 0) is 12.0 Å². The van der Waals surface area contributed by atoms with Gasteiger partial charge in [0.25, 0.3) is 5.91 Å². The lowest BCUT2D eigenvalue weighted by molar-refractivity contribution is 0.0950. The van der Waals surface area contributed by atoms with Gasteiger partial charge in [-0.2, -0.15) is 0 Å². The number of aromatic nitrogens is 2. The van der Waals surface area contributed by atoms with Crippen LogP contribution in [-0.4, -0.2) is 15.9 Å². The number of para-hydroxylation sites is 1. The number of carbonyl (C=O) groups is 1. The molecule has 0 saturated carbocycles. The number of carbonyl (C=O) groups excluding carboxylic acids is 1. The largest absolute Gasteiger partial charge is 0.348 e. The molecule has 0 atom stereocenters. The van der Waals surface area contributed by atoms with Gasteiger partial charge in [-0.15, -0.1) is 0 Å². The quantitative estimate of drug-likeness (QED) is 0.682. The fourth-order valence-corrected chi connectivity index (χ4v) is 2.80. The van der Waals surface area contributed by atoms with Crippen LogP contribution < -0.4 is 10.6 Å². The minimum absolute atomic E-state index is 0.0316. The van der Waals surface area contributed by atoms with E-state index in [1.165, 1.54) is 18.5 Å². The lowest BCUT2D eigenvalue weighted by Crippen LogP contribution is -2.23. The summed E-state index contributed by atoms with van der Waals surface area (Å²) in [5.74, 6) is -0.302. The standard InChI is InChI=1S/C22H23FN4O/c1-22(2,3)17-9-5-7-11-19(17)27-21-25-13-16(14-26-21)20(28)24-12-15-8-4-6-10-18(15)23/h4-11,13-14H,12H2,1-3H3,(H,24,28)(H,25,26,27). The summed E-state index contributed by atoms with van der Waals surface area (Å²) in [5, 5.41) is 5.88. The van der Waals surface area contributed by atoms with Gasteiger partial charge in [0, 0.05) is 30.2 Å². The SMILES string of the molecule is CC(C)(C)c1ccccc1Nc1ncc(C(=O)NCc2ccccc2F)cn1. The van der Waals surface area contributed by atoms with E-state index in [1.807, 2.05) is 18.2 Å². The van der Waals surface area contributed by atoms with Gasteiger partial charge in [0.15, 0.2) is 0 Å². The third kappa shape index (κ3) is 4.71. The van der Waals surface area contributed by atoms with Crippen molar-refractivity contribution in [2.24, 2.45) is 0 Å². The summed E-state index contributed by atoms with van der Waals surface area (Å²) in [7, 11) is 0. The van der Waals surface area contributed by atoms with E-state index in [4.69, 9.17) is 0 Å². The van der Waals surface area contributed by atoms with Gasteiger partial charge >= 0.3 is 0 Å². The van der Waals surface area contributed by atoms with Crippen molar-refractivity contribution in [3.63, 3.8) is 0 Å². The maximum absolute atomic E-state index is 13.6. The van der Waals surface area contributed by atoms with E-state index in [0.717, 1.165) is 11.3 Å². The number of hydrogen-bond donors (Lipinski definition) is 2. The predicted molar refractivity (Wildman–Crippen MR) is 108 cm³/mol. The lowest BCUT2D eigenvalue weighted by Gasteiger charge is -2.22. The van der Waals surface area contributed by atoms with Crippen LogP contribution in [0.1, 0.15) is 42.3 Å². The predicted octanol–water partition coefficient (Wildman–Crippen LogP) is 4.59. The summed E-state index contributed by atoms with van der Waals surface area (Å²) < 4.78 is 13.6. The highest BCUT2D eigenvalue weighted by atomic mass is 19.1. The minimum Gasteiger partial charge on any atom is -0.348 e. The summed E-state index contributed by atoms with van der Waals surface area (Å²) in [6, 6.07) is 14.3. The van der Waals surface area contributed by atoms with E-state index in [2.05, 4.69) is 47.4 Å². The summed E-state index contributed by atoms with van der Waals surface area (Å²) in [6.45, 7) is 6.51. The molecule has 1 aromatic heterocycles. The molecular formula is C22H23FN4O. The van der Waals surface area contributed by atoms with Crippen molar-refractivity contribution in [1.29, 1.82) is 0 Å². The molecule has 0 spiro atoms. The summed E-state index contributed by atoms with van der Waals surface area (Å²) in [5.41, 5.74) is 2.77. The van der Waals surface area contributed by atoms with Crippen LogP contribution in [0.25, 0.3) is 0 Å². The molecule has 144 valence electrons. The molecule has 0 fully saturated rings. The Bertz CT molecular complexity index is 965. The molecule has 5 nitrogen and oxygen atoms in total. The average Bonchev–Trinajstić information content (AvgIpc) is 2.67. The van der Waals surface area contributed by atoms with Gasteiger partial charge in [0.05, 0.1) is 5.56 Å². The number of amides is 1.